The first-order valence-corrected chi connectivity index (χ1v) is 7.67. The molecule has 4 rings (SSSR count). The summed E-state index contributed by atoms with van der Waals surface area (Å²) in [6.45, 7) is 0. The summed E-state index contributed by atoms with van der Waals surface area (Å²) < 4.78 is 14.2. The summed E-state index contributed by atoms with van der Waals surface area (Å²) in [6, 6.07) is 17.7. The van der Waals surface area contributed by atoms with Crippen LogP contribution in [0, 0.1) is 5.82 Å². The fourth-order valence-electron chi connectivity index (χ4n) is 2.68. The number of hydrogen-bond acceptors (Lipinski definition) is 4. The van der Waals surface area contributed by atoms with Gasteiger partial charge in [0.15, 0.2) is 5.82 Å². The first-order valence-electron chi connectivity index (χ1n) is 7.67. The first-order chi connectivity index (χ1) is 12.1. The molecule has 1 heterocycles. The number of fused-ring (bicyclic) bond motifs is 1. The molecule has 0 bridgehead atoms. The zero-order chi connectivity index (χ0) is 17.4. The molecular formula is C20H13FN2O2. The second kappa shape index (κ2) is 5.87. The summed E-state index contributed by atoms with van der Waals surface area (Å²) in [7, 11) is 0. The molecule has 2 N–H and O–H groups in total. The van der Waals surface area contributed by atoms with E-state index in [0.29, 0.717) is 22.5 Å². The van der Waals surface area contributed by atoms with Crippen molar-refractivity contribution in [3.63, 3.8) is 0 Å². The second-order valence-electron chi connectivity index (χ2n) is 5.62. The Morgan fingerprint density at radius 1 is 0.640 bits per heavy atom. The highest BCUT2D eigenvalue weighted by Gasteiger charge is 2.15. The van der Waals surface area contributed by atoms with Crippen molar-refractivity contribution >= 4 is 11.0 Å². The number of hydrogen-bond donors (Lipinski definition) is 2. The number of phenolic OH excluding ortho intramolecular Hbond substituents is 2. The van der Waals surface area contributed by atoms with Gasteiger partial charge in [-0.05, 0) is 60.7 Å². The molecule has 0 aliphatic carbocycles. The second-order valence-corrected chi connectivity index (χ2v) is 5.62. The number of benzene rings is 3. The van der Waals surface area contributed by atoms with E-state index in [1.54, 1.807) is 60.7 Å². The van der Waals surface area contributed by atoms with E-state index in [1.807, 2.05) is 0 Å². The molecule has 0 saturated carbocycles. The van der Waals surface area contributed by atoms with Gasteiger partial charge in [0, 0.05) is 11.1 Å². The maximum atomic E-state index is 14.2. The quantitative estimate of drug-likeness (QED) is 0.566. The van der Waals surface area contributed by atoms with E-state index < -0.39 is 5.82 Å². The van der Waals surface area contributed by atoms with Gasteiger partial charge < -0.3 is 10.2 Å². The molecule has 0 fully saturated rings. The zero-order valence-electron chi connectivity index (χ0n) is 13.0. The number of nitrogens with zero attached hydrogens (tertiary/aromatic N) is 2. The molecule has 25 heavy (non-hydrogen) atoms. The molecule has 5 heteroatoms. The van der Waals surface area contributed by atoms with E-state index in [4.69, 9.17) is 0 Å². The van der Waals surface area contributed by atoms with Crippen molar-refractivity contribution in [3.05, 3.63) is 72.5 Å². The largest absolute Gasteiger partial charge is 0.508 e. The fourth-order valence-corrected chi connectivity index (χ4v) is 2.68. The van der Waals surface area contributed by atoms with Gasteiger partial charge in [-0.25, -0.2) is 14.4 Å². The summed E-state index contributed by atoms with van der Waals surface area (Å²) in [6.07, 6.45) is 0. The van der Waals surface area contributed by atoms with Gasteiger partial charge in [0.05, 0.1) is 16.9 Å². The third-order valence-corrected chi connectivity index (χ3v) is 3.93. The standard InChI is InChI=1S/C20H13FN2O2/c21-16-2-1-3-17-20(16)23-19(13-6-10-15(25)11-7-13)18(22-17)12-4-8-14(24)9-5-12/h1-11,24-25H. The van der Waals surface area contributed by atoms with Crippen LogP contribution in [0.4, 0.5) is 4.39 Å². The van der Waals surface area contributed by atoms with E-state index in [9.17, 15) is 14.6 Å². The topological polar surface area (TPSA) is 66.2 Å². The van der Waals surface area contributed by atoms with Crippen LogP contribution >= 0.6 is 0 Å². The highest BCUT2D eigenvalue weighted by Crippen LogP contribution is 2.32. The SMILES string of the molecule is Oc1ccc(-c2nc3cccc(F)c3nc2-c2ccc(O)cc2)cc1. The highest BCUT2D eigenvalue weighted by molar-refractivity contribution is 5.86. The van der Waals surface area contributed by atoms with E-state index in [2.05, 4.69) is 9.97 Å². The summed E-state index contributed by atoms with van der Waals surface area (Å²) in [4.78, 5) is 9.08. The molecule has 122 valence electrons. The summed E-state index contributed by atoms with van der Waals surface area (Å²) in [5.41, 5.74) is 3.17. The number of aromatic nitrogens is 2. The van der Waals surface area contributed by atoms with Crippen LogP contribution in [0.1, 0.15) is 0 Å². The highest BCUT2D eigenvalue weighted by atomic mass is 19.1. The Labute approximate surface area is 142 Å². The lowest BCUT2D eigenvalue weighted by Crippen LogP contribution is -1.97. The van der Waals surface area contributed by atoms with Crippen LogP contribution in [0.15, 0.2) is 66.7 Å². The summed E-state index contributed by atoms with van der Waals surface area (Å²) >= 11 is 0. The zero-order valence-corrected chi connectivity index (χ0v) is 13.0. The maximum absolute atomic E-state index is 14.2. The van der Waals surface area contributed by atoms with Crippen molar-refractivity contribution in [3.8, 4) is 34.0 Å². The molecular weight excluding hydrogens is 319 g/mol. The van der Waals surface area contributed by atoms with Crippen LogP contribution in [0.25, 0.3) is 33.5 Å². The normalized spacial score (nSPS) is 10.9. The molecule has 3 aromatic carbocycles. The van der Waals surface area contributed by atoms with E-state index >= 15 is 0 Å². The van der Waals surface area contributed by atoms with E-state index in [-0.39, 0.29) is 17.0 Å². The Morgan fingerprint density at radius 2 is 1.16 bits per heavy atom. The molecule has 0 radical (unpaired) electrons. The van der Waals surface area contributed by atoms with Crippen molar-refractivity contribution in [1.29, 1.82) is 0 Å². The summed E-state index contributed by atoms with van der Waals surface area (Å²) in [5, 5.41) is 19.0. The number of rotatable bonds is 2. The van der Waals surface area contributed by atoms with Crippen molar-refractivity contribution in [2.24, 2.45) is 0 Å². The van der Waals surface area contributed by atoms with Crippen molar-refractivity contribution in [2.45, 2.75) is 0 Å². The molecule has 4 nitrogen and oxygen atoms in total. The predicted molar refractivity (Wildman–Crippen MR) is 93.7 cm³/mol. The van der Waals surface area contributed by atoms with E-state index in [1.165, 1.54) is 6.07 Å². The number of aromatic hydroxyl groups is 2. The van der Waals surface area contributed by atoms with Gasteiger partial charge in [-0.1, -0.05) is 6.07 Å². The van der Waals surface area contributed by atoms with Crippen LogP contribution in [-0.2, 0) is 0 Å². The van der Waals surface area contributed by atoms with Crippen LogP contribution in [0.2, 0.25) is 0 Å². The molecule has 4 aromatic rings. The number of halogens is 1. The van der Waals surface area contributed by atoms with Crippen molar-refractivity contribution < 1.29 is 14.6 Å². The molecule has 0 aliphatic rings. The minimum atomic E-state index is -0.442. The third-order valence-electron chi connectivity index (χ3n) is 3.93. The smallest absolute Gasteiger partial charge is 0.151 e. The van der Waals surface area contributed by atoms with Gasteiger partial charge in [0.25, 0.3) is 0 Å². The lowest BCUT2D eigenvalue weighted by Gasteiger charge is -2.11. The van der Waals surface area contributed by atoms with E-state index in [0.717, 1.165) is 5.56 Å². The molecule has 1 aromatic heterocycles. The average Bonchev–Trinajstić information content (AvgIpc) is 2.63. The predicted octanol–water partition coefficient (Wildman–Crippen LogP) is 4.51. The minimum Gasteiger partial charge on any atom is -0.508 e. The third kappa shape index (κ3) is 2.76. The maximum Gasteiger partial charge on any atom is 0.151 e. The van der Waals surface area contributed by atoms with Gasteiger partial charge in [-0.15, -0.1) is 0 Å². The van der Waals surface area contributed by atoms with Gasteiger partial charge in [0.2, 0.25) is 0 Å². The summed E-state index contributed by atoms with van der Waals surface area (Å²) in [5.74, 6) is -0.160. The first kappa shape index (κ1) is 15.1. The lowest BCUT2D eigenvalue weighted by atomic mass is 10.0. The van der Waals surface area contributed by atoms with Crippen molar-refractivity contribution in [1.82, 2.24) is 9.97 Å². The fraction of sp³-hybridized carbons (Fsp3) is 0. The number of phenols is 2. The van der Waals surface area contributed by atoms with Gasteiger partial charge >= 0.3 is 0 Å². The van der Waals surface area contributed by atoms with Crippen LogP contribution in [0.3, 0.4) is 0 Å². The molecule has 0 saturated heterocycles. The van der Waals surface area contributed by atoms with Gasteiger partial charge in [0.1, 0.15) is 17.0 Å². The van der Waals surface area contributed by atoms with Gasteiger partial charge in [-0.2, -0.15) is 0 Å². The van der Waals surface area contributed by atoms with Crippen molar-refractivity contribution in [2.75, 3.05) is 0 Å². The Hall–Kier alpha value is -3.47. The molecule has 0 atom stereocenters. The molecule has 0 spiro atoms. The van der Waals surface area contributed by atoms with Crippen LogP contribution in [-0.4, -0.2) is 20.2 Å². The van der Waals surface area contributed by atoms with Gasteiger partial charge in [-0.3, -0.25) is 0 Å². The Bertz CT molecular complexity index is 1060. The average molecular weight is 332 g/mol. The van der Waals surface area contributed by atoms with Crippen LogP contribution in [0.5, 0.6) is 11.5 Å². The molecule has 0 amide bonds. The monoisotopic (exact) mass is 332 g/mol. The molecule has 0 unspecified atom stereocenters. The lowest BCUT2D eigenvalue weighted by molar-refractivity contribution is 0.475. The number of para-hydroxylation sites is 1. The molecule has 0 aliphatic heterocycles. The Morgan fingerprint density at radius 3 is 1.72 bits per heavy atom. The Kier molecular flexibility index (Phi) is 3.54. The Balaban J connectivity index is 2.03. The van der Waals surface area contributed by atoms with Crippen LogP contribution < -0.4 is 0 Å². The minimum absolute atomic E-state index is 0.134.